The van der Waals surface area contributed by atoms with Crippen molar-refractivity contribution in [2.24, 2.45) is 0 Å². The van der Waals surface area contributed by atoms with Crippen molar-refractivity contribution in [3.05, 3.63) is 131 Å². The average Bonchev–Trinajstić information content (AvgIpc) is 3.21. The van der Waals surface area contributed by atoms with E-state index in [2.05, 4.69) is 60.1 Å². The van der Waals surface area contributed by atoms with E-state index in [4.69, 9.17) is 19.3 Å². The van der Waals surface area contributed by atoms with Crippen LogP contribution in [0.2, 0.25) is 0 Å². The summed E-state index contributed by atoms with van der Waals surface area (Å²) >= 11 is 0. The Balaban J connectivity index is 0.000000164. The molecule has 2 saturated heterocycles. The van der Waals surface area contributed by atoms with Crippen LogP contribution in [0.25, 0.3) is 21.8 Å². The van der Waals surface area contributed by atoms with Gasteiger partial charge in [0.1, 0.15) is 0 Å². The van der Waals surface area contributed by atoms with Gasteiger partial charge in [-0.15, -0.1) is 0 Å². The Kier molecular flexibility index (Phi) is 11.1. The maximum atomic E-state index is 11.7. The zero-order chi connectivity index (χ0) is 36.6. The van der Waals surface area contributed by atoms with Crippen LogP contribution >= 0.6 is 0 Å². The number of fused-ring (bicyclic) bond motifs is 2. The van der Waals surface area contributed by atoms with Crippen LogP contribution in [-0.4, -0.2) is 96.7 Å². The SMILES string of the molecule is COC(=O)c1ccnc(Cc2ccc3ncc(N4CCOCC4)cc3c2)c1.O=C(O)c1ccnc(Cc2ccc3ncc(N4CCOCC4)cc3c2)c1. The van der Waals surface area contributed by atoms with E-state index in [1.54, 1.807) is 24.4 Å². The topological polar surface area (TPSA) is 140 Å². The van der Waals surface area contributed by atoms with Gasteiger partial charge in [-0.05, 0) is 71.8 Å². The Labute approximate surface area is 307 Å². The number of nitrogens with zero attached hydrogens (tertiary/aromatic N) is 6. The Hall–Kier alpha value is -5.98. The number of carbonyl (C=O) groups excluding carboxylic acids is 1. The van der Waals surface area contributed by atoms with Crippen LogP contribution in [0.3, 0.4) is 0 Å². The van der Waals surface area contributed by atoms with E-state index < -0.39 is 5.97 Å². The van der Waals surface area contributed by atoms with Crippen molar-refractivity contribution < 1.29 is 28.9 Å². The van der Waals surface area contributed by atoms with E-state index >= 15 is 0 Å². The lowest BCUT2D eigenvalue weighted by molar-refractivity contribution is 0.0599. The average molecular weight is 713 g/mol. The Bertz CT molecular complexity index is 2240. The molecule has 2 fully saturated rings. The van der Waals surface area contributed by atoms with Gasteiger partial charge >= 0.3 is 11.9 Å². The lowest BCUT2D eigenvalue weighted by atomic mass is 10.0. The number of carboxylic acid groups (broad SMARTS) is 1. The molecule has 53 heavy (non-hydrogen) atoms. The first-order valence-electron chi connectivity index (χ1n) is 17.6. The molecule has 0 radical (unpaired) electrons. The molecule has 2 aliphatic heterocycles. The highest BCUT2D eigenvalue weighted by molar-refractivity contribution is 5.89. The number of esters is 1. The molecule has 0 aliphatic carbocycles. The van der Waals surface area contributed by atoms with Crippen LogP contribution in [0, 0.1) is 0 Å². The van der Waals surface area contributed by atoms with Crippen molar-refractivity contribution in [3.8, 4) is 0 Å². The number of pyridine rings is 4. The summed E-state index contributed by atoms with van der Waals surface area (Å²) in [4.78, 5) is 45.2. The maximum absolute atomic E-state index is 11.7. The summed E-state index contributed by atoms with van der Waals surface area (Å²) in [5.74, 6) is -1.29. The summed E-state index contributed by atoms with van der Waals surface area (Å²) in [6.45, 7) is 6.50. The molecule has 0 spiro atoms. The largest absolute Gasteiger partial charge is 0.478 e. The molecule has 270 valence electrons. The molecule has 12 heteroatoms. The third-order valence-electron chi connectivity index (χ3n) is 9.29. The number of benzene rings is 2. The molecule has 12 nitrogen and oxygen atoms in total. The predicted octanol–water partition coefficient (Wildman–Crippen LogP) is 5.60. The fourth-order valence-corrected chi connectivity index (χ4v) is 6.49. The number of ether oxygens (including phenoxy) is 3. The van der Waals surface area contributed by atoms with Gasteiger partial charge in [0, 0.05) is 73.6 Å². The molecule has 8 rings (SSSR count). The zero-order valence-electron chi connectivity index (χ0n) is 29.5. The normalized spacial score (nSPS) is 14.4. The summed E-state index contributed by atoms with van der Waals surface area (Å²) < 4.78 is 15.6. The minimum atomic E-state index is -0.938. The summed E-state index contributed by atoms with van der Waals surface area (Å²) in [6, 6.07) is 23.2. The molecule has 1 N–H and O–H groups in total. The second-order valence-electron chi connectivity index (χ2n) is 12.9. The van der Waals surface area contributed by atoms with Gasteiger partial charge in [0.15, 0.2) is 0 Å². The van der Waals surface area contributed by atoms with Gasteiger partial charge in [0.25, 0.3) is 0 Å². The summed E-state index contributed by atoms with van der Waals surface area (Å²) in [5.41, 5.74) is 8.66. The van der Waals surface area contributed by atoms with Crippen LogP contribution < -0.4 is 9.80 Å². The molecule has 0 amide bonds. The maximum Gasteiger partial charge on any atom is 0.337 e. The minimum Gasteiger partial charge on any atom is -0.478 e. The molecule has 0 saturated carbocycles. The Morgan fingerprint density at radius 3 is 1.58 bits per heavy atom. The van der Waals surface area contributed by atoms with Gasteiger partial charge in [-0.1, -0.05) is 12.1 Å². The van der Waals surface area contributed by atoms with Gasteiger partial charge in [0.05, 0.1) is 79.5 Å². The van der Waals surface area contributed by atoms with E-state index in [1.807, 2.05) is 30.6 Å². The summed E-state index contributed by atoms with van der Waals surface area (Å²) in [7, 11) is 1.38. The molecule has 0 atom stereocenters. The molecule has 6 aromatic rings. The Morgan fingerprint density at radius 1 is 0.642 bits per heavy atom. The van der Waals surface area contributed by atoms with E-state index in [9.17, 15) is 9.59 Å². The van der Waals surface area contributed by atoms with Gasteiger partial charge in [-0.2, -0.15) is 0 Å². The number of carboxylic acids is 1. The lowest BCUT2D eigenvalue weighted by Gasteiger charge is -2.28. The van der Waals surface area contributed by atoms with Gasteiger partial charge < -0.3 is 29.1 Å². The molecule has 0 unspecified atom stereocenters. The first-order valence-corrected chi connectivity index (χ1v) is 17.6. The second-order valence-corrected chi connectivity index (χ2v) is 12.9. The first kappa shape index (κ1) is 35.4. The van der Waals surface area contributed by atoms with E-state index in [1.165, 1.54) is 19.4 Å². The highest BCUT2D eigenvalue weighted by atomic mass is 16.5. The molecule has 2 aromatic carbocycles. The third kappa shape index (κ3) is 8.91. The van der Waals surface area contributed by atoms with Crippen LogP contribution in [0.4, 0.5) is 11.4 Å². The lowest BCUT2D eigenvalue weighted by Crippen LogP contribution is -2.36. The van der Waals surface area contributed by atoms with E-state index in [0.29, 0.717) is 18.4 Å². The molecular formula is C41H40N6O6. The van der Waals surface area contributed by atoms with Gasteiger partial charge in [-0.3, -0.25) is 19.9 Å². The van der Waals surface area contributed by atoms with Gasteiger partial charge in [0.2, 0.25) is 0 Å². The number of anilines is 2. The quantitative estimate of drug-likeness (QED) is 0.197. The molecule has 2 aliphatic rings. The monoisotopic (exact) mass is 712 g/mol. The first-order chi connectivity index (χ1) is 25.9. The number of methoxy groups -OCH3 is 1. The van der Waals surface area contributed by atoms with Crippen molar-refractivity contribution >= 4 is 45.1 Å². The van der Waals surface area contributed by atoms with Crippen LogP contribution in [0.1, 0.15) is 43.2 Å². The fourth-order valence-electron chi connectivity index (χ4n) is 6.49. The van der Waals surface area contributed by atoms with Crippen molar-refractivity contribution in [2.75, 3.05) is 69.5 Å². The van der Waals surface area contributed by atoms with E-state index in [0.717, 1.165) is 108 Å². The highest BCUT2D eigenvalue weighted by Gasteiger charge is 2.14. The minimum absolute atomic E-state index is 0.257. The number of aromatic nitrogens is 4. The molecule has 4 aromatic heterocycles. The number of hydrogen-bond donors (Lipinski definition) is 1. The van der Waals surface area contributed by atoms with Crippen LogP contribution in [-0.2, 0) is 27.1 Å². The number of hydrogen-bond acceptors (Lipinski definition) is 11. The predicted molar refractivity (Wildman–Crippen MR) is 202 cm³/mol. The van der Waals surface area contributed by atoms with Crippen LogP contribution in [0.5, 0.6) is 0 Å². The molecule has 6 heterocycles. The number of carbonyl (C=O) groups is 2. The van der Waals surface area contributed by atoms with E-state index in [-0.39, 0.29) is 11.5 Å². The third-order valence-corrected chi connectivity index (χ3v) is 9.29. The summed E-state index contributed by atoms with van der Waals surface area (Å²) in [5, 5.41) is 11.3. The van der Waals surface area contributed by atoms with Crippen LogP contribution in [0.15, 0.2) is 97.6 Å². The standard InChI is InChI=1S/C21H21N3O3.C20H19N3O3/c1-26-21(25)16-4-5-22-18(12-16)11-15-2-3-20-17(10-15)13-19(14-23-20)24-6-8-27-9-7-24;24-20(25)15-3-4-21-17(11-15)10-14-1-2-19-16(9-14)12-18(13-22-19)23-5-7-26-8-6-23/h2-5,10,12-14H,6-9,11H2,1H3;1-4,9,11-13H,5-8,10H2,(H,24,25). The molecule has 0 bridgehead atoms. The summed E-state index contributed by atoms with van der Waals surface area (Å²) in [6.07, 6.45) is 8.24. The van der Waals surface area contributed by atoms with Crippen molar-refractivity contribution in [2.45, 2.75) is 12.8 Å². The molecular weight excluding hydrogens is 672 g/mol. The van der Waals surface area contributed by atoms with Crippen molar-refractivity contribution in [3.63, 3.8) is 0 Å². The number of rotatable bonds is 8. The fraction of sp³-hybridized carbons (Fsp3) is 0.268. The number of aromatic carboxylic acids is 1. The van der Waals surface area contributed by atoms with Crippen molar-refractivity contribution in [1.29, 1.82) is 0 Å². The smallest absolute Gasteiger partial charge is 0.337 e. The van der Waals surface area contributed by atoms with Gasteiger partial charge in [-0.25, -0.2) is 9.59 Å². The second kappa shape index (κ2) is 16.6. The number of morpholine rings is 2. The Morgan fingerprint density at radius 2 is 1.11 bits per heavy atom. The van der Waals surface area contributed by atoms with Crippen molar-refractivity contribution in [1.82, 2.24) is 19.9 Å². The highest BCUT2D eigenvalue weighted by Crippen LogP contribution is 2.24. The zero-order valence-corrected chi connectivity index (χ0v) is 29.5.